The van der Waals surface area contributed by atoms with Crippen molar-refractivity contribution in [1.29, 1.82) is 0 Å². The summed E-state index contributed by atoms with van der Waals surface area (Å²) in [6, 6.07) is 4.86. The third-order valence-corrected chi connectivity index (χ3v) is 34.0. The first-order valence-corrected chi connectivity index (χ1v) is 35.3. The monoisotopic (exact) mass is 980 g/mol. The molecule has 0 aliphatic heterocycles. The van der Waals surface area contributed by atoms with Gasteiger partial charge in [0, 0.05) is 27.2 Å². The van der Waals surface area contributed by atoms with E-state index >= 15 is 0 Å². The van der Waals surface area contributed by atoms with E-state index in [1.165, 1.54) is 33.4 Å². The fourth-order valence-corrected chi connectivity index (χ4v) is 13.3. The second-order valence-corrected chi connectivity index (χ2v) is 45.2. The number of hydrogen-bond acceptors (Lipinski definition) is 4. The molecule has 0 N–H and O–H groups in total. The van der Waals surface area contributed by atoms with E-state index in [4.69, 9.17) is 17.7 Å². The van der Waals surface area contributed by atoms with Crippen LogP contribution in [0.4, 0.5) is 0 Å². The number of halogens is 2. The van der Waals surface area contributed by atoms with E-state index in [1.54, 1.807) is 0 Å². The molecule has 0 radical (unpaired) electrons. The molecular formula is C47H82Br2O4Si4. The smallest absolute Gasteiger partial charge is 0.250 e. The molecule has 1 spiro atoms. The lowest BCUT2D eigenvalue weighted by Gasteiger charge is -2.42. The van der Waals surface area contributed by atoms with Crippen LogP contribution in [0.3, 0.4) is 0 Å². The van der Waals surface area contributed by atoms with Gasteiger partial charge in [-0.2, -0.15) is 0 Å². The molecule has 324 valence electrons. The van der Waals surface area contributed by atoms with Crippen LogP contribution in [0.1, 0.15) is 157 Å². The molecule has 57 heavy (non-hydrogen) atoms. The van der Waals surface area contributed by atoms with Crippen molar-refractivity contribution in [3.63, 3.8) is 0 Å². The third kappa shape index (κ3) is 8.64. The summed E-state index contributed by atoms with van der Waals surface area (Å²) in [6.45, 7) is 56.8. The van der Waals surface area contributed by atoms with Crippen LogP contribution in [-0.4, -0.2) is 33.3 Å². The molecule has 0 atom stereocenters. The van der Waals surface area contributed by atoms with E-state index in [9.17, 15) is 0 Å². The lowest BCUT2D eigenvalue weighted by atomic mass is 9.70. The van der Waals surface area contributed by atoms with Crippen molar-refractivity contribution in [2.75, 3.05) is 0 Å². The normalized spacial score (nSPS) is 18.4. The summed E-state index contributed by atoms with van der Waals surface area (Å²) < 4.78 is 29.9. The third-order valence-electron chi connectivity index (χ3n) is 15.5. The maximum Gasteiger partial charge on any atom is 0.250 e. The highest BCUT2D eigenvalue weighted by molar-refractivity contribution is 9.08. The van der Waals surface area contributed by atoms with Crippen LogP contribution in [0.15, 0.2) is 12.1 Å². The van der Waals surface area contributed by atoms with Gasteiger partial charge in [-0.1, -0.05) is 143 Å². The molecule has 0 heterocycles. The van der Waals surface area contributed by atoms with Gasteiger partial charge in [0.1, 0.15) is 23.0 Å². The summed E-state index contributed by atoms with van der Waals surface area (Å²) in [5.74, 6) is 3.79. The summed E-state index contributed by atoms with van der Waals surface area (Å²) in [4.78, 5) is 0. The molecule has 0 saturated carbocycles. The standard InChI is InChI=1S/C47H82Br2O4Si4/c1-41(2,3)54(17,18)50-35-25-33-37(31(27-48)39(35)52-56(21,22)43(7,8)9)47(29-45(33,13)14)30-46(15,16)34-26-36(51-55(19,20)42(4,5)6)40(32(28-49)38(34)47)53-57(23,24)44(10,11)12/h25-26H,27-30H2,1-24H3. The Labute approximate surface area is 371 Å². The van der Waals surface area contributed by atoms with Gasteiger partial charge in [-0.05, 0) is 131 Å². The summed E-state index contributed by atoms with van der Waals surface area (Å²) in [5.41, 5.74) is 7.67. The number of fused-ring (bicyclic) bond motifs is 4. The SMILES string of the molecule is CC1(C)CC2(CC(C)(C)c3cc(O[Si](C)(C)C(C)(C)C)c(O[Si](C)(C)C(C)(C)C)c(CBr)c32)c2c1cc(O[Si](C)(C)C(C)(C)C)c(O[Si](C)(C)C(C)(C)C)c2CBr. The molecule has 4 nitrogen and oxygen atoms in total. The number of rotatable bonds is 10. The Hall–Kier alpha value is -0.532. The number of hydrogen-bond donors (Lipinski definition) is 0. The van der Waals surface area contributed by atoms with E-state index in [0.29, 0.717) is 10.7 Å². The minimum Gasteiger partial charge on any atom is -0.541 e. The van der Waals surface area contributed by atoms with Gasteiger partial charge >= 0.3 is 0 Å². The molecule has 2 aromatic rings. The quantitative estimate of drug-likeness (QED) is 0.176. The molecule has 4 rings (SSSR count). The lowest BCUT2D eigenvalue weighted by molar-refractivity contribution is 0.347. The predicted molar refractivity (Wildman–Crippen MR) is 266 cm³/mol. The van der Waals surface area contributed by atoms with Gasteiger partial charge in [0.05, 0.1) is 0 Å². The van der Waals surface area contributed by atoms with Crippen molar-refractivity contribution in [3.8, 4) is 23.0 Å². The molecule has 0 unspecified atom stereocenters. The van der Waals surface area contributed by atoms with Crippen LogP contribution in [0.2, 0.25) is 72.5 Å². The Morgan fingerprint density at radius 3 is 0.947 bits per heavy atom. The van der Waals surface area contributed by atoms with Crippen molar-refractivity contribution >= 4 is 65.1 Å². The molecule has 0 aromatic heterocycles. The van der Waals surface area contributed by atoms with Gasteiger partial charge in [0.15, 0.2) is 0 Å². The van der Waals surface area contributed by atoms with Crippen molar-refractivity contribution < 1.29 is 17.7 Å². The average molecular weight is 983 g/mol. The minimum absolute atomic E-state index is 0.0163. The van der Waals surface area contributed by atoms with Gasteiger partial charge in [-0.25, -0.2) is 0 Å². The average Bonchev–Trinajstić information content (AvgIpc) is 3.33. The summed E-state index contributed by atoms with van der Waals surface area (Å²) >= 11 is 8.26. The number of benzene rings is 2. The van der Waals surface area contributed by atoms with Crippen LogP contribution in [0.25, 0.3) is 0 Å². The van der Waals surface area contributed by atoms with Gasteiger partial charge in [0.2, 0.25) is 0 Å². The van der Waals surface area contributed by atoms with E-state index in [-0.39, 0.29) is 36.4 Å². The zero-order valence-corrected chi connectivity index (χ0v) is 48.0. The summed E-state index contributed by atoms with van der Waals surface area (Å²) in [6.07, 6.45) is 1.99. The second-order valence-electron chi connectivity index (χ2n) is 25.1. The van der Waals surface area contributed by atoms with E-state index in [0.717, 1.165) is 35.8 Å². The van der Waals surface area contributed by atoms with Crippen molar-refractivity contribution in [3.05, 3.63) is 45.5 Å². The maximum atomic E-state index is 7.57. The zero-order chi connectivity index (χ0) is 44.3. The van der Waals surface area contributed by atoms with E-state index < -0.39 is 33.3 Å². The molecular weight excluding hydrogens is 901 g/mol. The molecule has 2 aliphatic carbocycles. The minimum atomic E-state index is -2.30. The highest BCUT2D eigenvalue weighted by Gasteiger charge is 2.60. The van der Waals surface area contributed by atoms with Crippen LogP contribution >= 0.6 is 31.9 Å². The summed E-state index contributed by atoms with van der Waals surface area (Å²) in [5, 5.41) is 1.48. The summed E-state index contributed by atoms with van der Waals surface area (Å²) in [7, 11) is -9.09. The Morgan fingerprint density at radius 2 is 0.719 bits per heavy atom. The first-order chi connectivity index (χ1) is 25.1. The largest absolute Gasteiger partial charge is 0.541 e. The zero-order valence-electron chi connectivity index (χ0n) is 40.9. The van der Waals surface area contributed by atoms with E-state index in [1.807, 2.05) is 0 Å². The van der Waals surface area contributed by atoms with Crippen molar-refractivity contribution in [2.24, 2.45) is 0 Å². The molecule has 0 bridgehead atoms. The Morgan fingerprint density at radius 1 is 0.474 bits per heavy atom. The molecule has 2 aromatic carbocycles. The Balaban J connectivity index is 2.25. The molecule has 0 saturated heterocycles. The first-order valence-electron chi connectivity index (χ1n) is 21.4. The van der Waals surface area contributed by atoms with Crippen molar-refractivity contribution in [2.45, 2.75) is 223 Å². The molecule has 0 amide bonds. The second kappa shape index (κ2) is 14.8. The predicted octanol–water partition coefficient (Wildman–Crippen LogP) is 16.7. The van der Waals surface area contributed by atoms with E-state index in [2.05, 4.69) is 207 Å². The Kier molecular flexibility index (Phi) is 12.8. The van der Waals surface area contributed by atoms with Gasteiger partial charge < -0.3 is 17.7 Å². The van der Waals surface area contributed by atoms with Crippen LogP contribution in [0, 0.1) is 0 Å². The lowest BCUT2D eigenvalue weighted by Crippen LogP contribution is -2.46. The van der Waals surface area contributed by atoms with Crippen LogP contribution < -0.4 is 17.7 Å². The first kappa shape index (κ1) is 49.1. The highest BCUT2D eigenvalue weighted by atomic mass is 79.9. The maximum absolute atomic E-state index is 7.57. The fourth-order valence-electron chi connectivity index (χ4n) is 8.09. The fraction of sp³-hybridized carbons (Fsp3) is 0.745. The van der Waals surface area contributed by atoms with Gasteiger partial charge in [-0.3, -0.25) is 0 Å². The molecule has 10 heteroatoms. The Bertz CT molecular complexity index is 1730. The van der Waals surface area contributed by atoms with Crippen LogP contribution in [0.5, 0.6) is 23.0 Å². The number of alkyl halides is 2. The van der Waals surface area contributed by atoms with Gasteiger partial charge in [-0.15, -0.1) is 0 Å². The van der Waals surface area contributed by atoms with Crippen molar-refractivity contribution in [1.82, 2.24) is 0 Å². The molecule has 2 aliphatic rings. The topological polar surface area (TPSA) is 36.9 Å². The molecule has 0 fully saturated rings. The van der Waals surface area contributed by atoms with Gasteiger partial charge in [0.25, 0.3) is 33.3 Å². The van der Waals surface area contributed by atoms with Crippen LogP contribution in [-0.2, 0) is 26.9 Å². The highest BCUT2D eigenvalue weighted by Crippen LogP contribution is 2.68.